The Balaban J connectivity index is 2.99. The maximum absolute atomic E-state index is 12.8. The van der Waals surface area contributed by atoms with Gasteiger partial charge >= 0.3 is 5.97 Å². The number of carboxylic acid groups (broad SMARTS) is 1. The SMILES string of the molecule is CC(NC(=O)C(N)CO)C(=O)NC(Cc1ccc(O)cc1)C(=O)NC(C(=O)O)C(C)C. The van der Waals surface area contributed by atoms with Crippen LogP contribution < -0.4 is 21.7 Å². The van der Waals surface area contributed by atoms with Crippen LogP contribution in [0.2, 0.25) is 0 Å². The largest absolute Gasteiger partial charge is 0.508 e. The second-order valence-corrected chi connectivity index (χ2v) is 7.52. The summed E-state index contributed by atoms with van der Waals surface area (Å²) >= 11 is 0. The van der Waals surface area contributed by atoms with Crippen molar-refractivity contribution in [2.45, 2.75) is 51.4 Å². The monoisotopic (exact) mass is 438 g/mol. The number of aliphatic hydroxyl groups excluding tert-OH is 1. The van der Waals surface area contributed by atoms with E-state index in [4.69, 9.17) is 10.8 Å². The minimum Gasteiger partial charge on any atom is -0.508 e. The molecule has 172 valence electrons. The molecule has 4 unspecified atom stereocenters. The van der Waals surface area contributed by atoms with Gasteiger partial charge in [-0.05, 0) is 30.5 Å². The maximum Gasteiger partial charge on any atom is 0.326 e. The average molecular weight is 438 g/mol. The van der Waals surface area contributed by atoms with E-state index in [2.05, 4.69) is 16.0 Å². The number of hydrogen-bond donors (Lipinski definition) is 7. The molecule has 0 aromatic heterocycles. The Bertz CT molecular complexity index is 782. The van der Waals surface area contributed by atoms with Crippen LogP contribution in [0.5, 0.6) is 5.75 Å². The molecule has 1 aromatic rings. The molecule has 0 aliphatic heterocycles. The fraction of sp³-hybridized carbons (Fsp3) is 0.500. The van der Waals surface area contributed by atoms with E-state index in [-0.39, 0.29) is 12.2 Å². The molecule has 11 heteroatoms. The number of hydrogen-bond acceptors (Lipinski definition) is 7. The fourth-order valence-electron chi connectivity index (χ4n) is 2.61. The summed E-state index contributed by atoms with van der Waals surface area (Å²) in [7, 11) is 0. The summed E-state index contributed by atoms with van der Waals surface area (Å²) in [5, 5.41) is 34.9. The molecule has 1 rings (SSSR count). The number of nitrogens with two attached hydrogens (primary N) is 1. The third-order valence-corrected chi connectivity index (χ3v) is 4.53. The lowest BCUT2D eigenvalue weighted by molar-refractivity contribution is -0.143. The van der Waals surface area contributed by atoms with Crippen LogP contribution in [0.15, 0.2) is 24.3 Å². The van der Waals surface area contributed by atoms with Gasteiger partial charge in [-0.25, -0.2) is 4.79 Å². The first-order valence-electron chi connectivity index (χ1n) is 9.74. The van der Waals surface area contributed by atoms with E-state index < -0.39 is 60.4 Å². The first-order valence-corrected chi connectivity index (χ1v) is 9.74. The third kappa shape index (κ3) is 8.22. The van der Waals surface area contributed by atoms with Crippen LogP contribution in [0.3, 0.4) is 0 Å². The zero-order chi connectivity index (χ0) is 23.7. The minimum atomic E-state index is -1.21. The molecule has 0 saturated carbocycles. The number of carbonyl (C=O) groups excluding carboxylic acids is 3. The number of carbonyl (C=O) groups is 4. The molecule has 1 aromatic carbocycles. The van der Waals surface area contributed by atoms with Crippen molar-refractivity contribution < 1.29 is 34.5 Å². The molecule has 3 amide bonds. The molecule has 0 aliphatic carbocycles. The normalized spacial score (nSPS) is 14.8. The van der Waals surface area contributed by atoms with E-state index in [1.54, 1.807) is 26.0 Å². The summed E-state index contributed by atoms with van der Waals surface area (Å²) in [4.78, 5) is 48.5. The van der Waals surface area contributed by atoms with Gasteiger partial charge in [0.05, 0.1) is 6.61 Å². The standard InChI is InChI=1S/C20H30N4O7/c1-10(2)16(20(30)31)24-19(29)15(8-12-4-6-13(26)7-5-12)23-17(27)11(3)22-18(28)14(21)9-25/h4-7,10-11,14-16,25-26H,8-9,21H2,1-3H3,(H,22,28)(H,23,27)(H,24,29)(H,30,31). The van der Waals surface area contributed by atoms with Gasteiger partial charge in [0, 0.05) is 6.42 Å². The van der Waals surface area contributed by atoms with Crippen molar-refractivity contribution in [1.82, 2.24) is 16.0 Å². The number of carboxylic acids is 1. The van der Waals surface area contributed by atoms with Gasteiger partial charge in [-0.1, -0.05) is 26.0 Å². The highest BCUT2D eigenvalue weighted by Gasteiger charge is 2.30. The van der Waals surface area contributed by atoms with Gasteiger partial charge in [0.25, 0.3) is 0 Å². The predicted octanol–water partition coefficient (Wildman–Crippen LogP) is -1.53. The summed E-state index contributed by atoms with van der Waals surface area (Å²) in [6.45, 7) is 4.04. The second-order valence-electron chi connectivity index (χ2n) is 7.52. The van der Waals surface area contributed by atoms with Gasteiger partial charge in [0.2, 0.25) is 17.7 Å². The Labute approximate surface area is 180 Å². The molecule has 8 N–H and O–H groups in total. The zero-order valence-electron chi connectivity index (χ0n) is 17.7. The topological polar surface area (TPSA) is 191 Å². The third-order valence-electron chi connectivity index (χ3n) is 4.53. The van der Waals surface area contributed by atoms with E-state index in [1.165, 1.54) is 19.1 Å². The number of phenolic OH excluding ortho intramolecular Hbond substituents is 1. The molecule has 11 nitrogen and oxygen atoms in total. The molecule has 31 heavy (non-hydrogen) atoms. The van der Waals surface area contributed by atoms with Gasteiger partial charge in [-0.15, -0.1) is 0 Å². The highest BCUT2D eigenvalue weighted by atomic mass is 16.4. The first kappa shape index (κ1) is 25.9. The number of rotatable bonds is 11. The number of aliphatic carboxylic acids is 1. The van der Waals surface area contributed by atoms with Crippen molar-refractivity contribution in [3.8, 4) is 5.75 Å². The Kier molecular flexibility index (Phi) is 9.90. The molecule has 0 fully saturated rings. The molecule has 0 aliphatic rings. The van der Waals surface area contributed by atoms with Crippen LogP contribution in [0, 0.1) is 5.92 Å². The molecule has 0 spiro atoms. The van der Waals surface area contributed by atoms with E-state index in [0.29, 0.717) is 5.56 Å². The number of aromatic hydroxyl groups is 1. The van der Waals surface area contributed by atoms with Crippen molar-refractivity contribution >= 4 is 23.7 Å². The zero-order valence-corrected chi connectivity index (χ0v) is 17.7. The number of aliphatic hydroxyl groups is 1. The Morgan fingerprint density at radius 1 is 0.935 bits per heavy atom. The Morgan fingerprint density at radius 3 is 2.00 bits per heavy atom. The fourth-order valence-corrected chi connectivity index (χ4v) is 2.61. The number of amides is 3. The van der Waals surface area contributed by atoms with Crippen molar-refractivity contribution in [2.24, 2.45) is 11.7 Å². The predicted molar refractivity (Wildman–Crippen MR) is 111 cm³/mol. The van der Waals surface area contributed by atoms with E-state index in [1.807, 2.05) is 0 Å². The van der Waals surface area contributed by atoms with Crippen molar-refractivity contribution in [3.05, 3.63) is 29.8 Å². The number of nitrogens with one attached hydrogen (secondary N) is 3. The molecule has 0 heterocycles. The van der Waals surface area contributed by atoms with Crippen molar-refractivity contribution in [2.75, 3.05) is 6.61 Å². The quantitative estimate of drug-likeness (QED) is 0.216. The lowest BCUT2D eigenvalue weighted by atomic mass is 10.0. The summed E-state index contributed by atoms with van der Waals surface area (Å²) in [5.74, 6) is -3.74. The van der Waals surface area contributed by atoms with Gasteiger partial charge in [0.15, 0.2) is 0 Å². The smallest absolute Gasteiger partial charge is 0.326 e. The maximum atomic E-state index is 12.8. The molecular weight excluding hydrogens is 408 g/mol. The minimum absolute atomic E-state index is 0.0130. The summed E-state index contributed by atoms with van der Waals surface area (Å²) in [5.41, 5.74) is 6.01. The lowest BCUT2D eigenvalue weighted by Crippen LogP contribution is -2.57. The lowest BCUT2D eigenvalue weighted by Gasteiger charge is -2.25. The summed E-state index contributed by atoms with van der Waals surface area (Å²) in [6.07, 6.45) is 0.0130. The van der Waals surface area contributed by atoms with E-state index in [0.717, 1.165) is 0 Å². The number of benzene rings is 1. The highest BCUT2D eigenvalue weighted by molar-refractivity contribution is 5.94. The van der Waals surface area contributed by atoms with Gasteiger partial charge in [0.1, 0.15) is 29.9 Å². The van der Waals surface area contributed by atoms with Crippen LogP contribution in [0.4, 0.5) is 0 Å². The van der Waals surface area contributed by atoms with Crippen LogP contribution in [-0.4, -0.2) is 69.8 Å². The molecule has 4 atom stereocenters. The van der Waals surface area contributed by atoms with Crippen LogP contribution in [0.25, 0.3) is 0 Å². The molecule has 0 radical (unpaired) electrons. The van der Waals surface area contributed by atoms with Crippen molar-refractivity contribution in [3.63, 3.8) is 0 Å². The average Bonchev–Trinajstić information content (AvgIpc) is 2.71. The molecule has 0 saturated heterocycles. The van der Waals surface area contributed by atoms with Crippen LogP contribution in [0.1, 0.15) is 26.3 Å². The Hall–Kier alpha value is -3.18. The van der Waals surface area contributed by atoms with Crippen LogP contribution in [-0.2, 0) is 25.6 Å². The van der Waals surface area contributed by atoms with Crippen LogP contribution >= 0.6 is 0 Å². The second kappa shape index (κ2) is 11.9. The van der Waals surface area contributed by atoms with Gasteiger partial charge in [-0.2, -0.15) is 0 Å². The highest BCUT2D eigenvalue weighted by Crippen LogP contribution is 2.12. The van der Waals surface area contributed by atoms with E-state index >= 15 is 0 Å². The van der Waals surface area contributed by atoms with Gasteiger partial charge in [-0.3, -0.25) is 14.4 Å². The molecule has 0 bridgehead atoms. The number of phenols is 1. The van der Waals surface area contributed by atoms with Gasteiger partial charge < -0.3 is 37.0 Å². The van der Waals surface area contributed by atoms with E-state index in [9.17, 15) is 29.4 Å². The summed E-state index contributed by atoms with van der Waals surface area (Å²) in [6, 6.07) is 1.37. The van der Waals surface area contributed by atoms with Crippen molar-refractivity contribution in [1.29, 1.82) is 0 Å². The Morgan fingerprint density at radius 2 is 1.52 bits per heavy atom. The summed E-state index contributed by atoms with van der Waals surface area (Å²) < 4.78 is 0. The molecular formula is C20H30N4O7. The first-order chi connectivity index (χ1) is 14.5.